The predicted octanol–water partition coefficient (Wildman–Crippen LogP) is 3.54. The summed E-state index contributed by atoms with van der Waals surface area (Å²) < 4.78 is 13.1. The number of thiazole rings is 1. The van der Waals surface area contributed by atoms with Crippen LogP contribution in [-0.2, 0) is 4.79 Å². The first-order valence-corrected chi connectivity index (χ1v) is 6.46. The lowest BCUT2D eigenvalue weighted by atomic mass is 10.2. The van der Waals surface area contributed by atoms with Gasteiger partial charge in [0.2, 0.25) is 5.91 Å². The van der Waals surface area contributed by atoms with E-state index in [2.05, 4.69) is 10.3 Å². The molecule has 0 aliphatic carbocycles. The van der Waals surface area contributed by atoms with Crippen LogP contribution in [0.1, 0.15) is 13.8 Å². The summed E-state index contributed by atoms with van der Waals surface area (Å²) >= 11 is 1.33. The Morgan fingerprint density at radius 2 is 2.22 bits per heavy atom. The summed E-state index contributed by atoms with van der Waals surface area (Å²) in [5, 5.41) is 5.05. The molecular formula is C13H13FN2OS. The van der Waals surface area contributed by atoms with E-state index in [4.69, 9.17) is 0 Å². The zero-order valence-corrected chi connectivity index (χ0v) is 10.9. The molecule has 3 nitrogen and oxygen atoms in total. The van der Waals surface area contributed by atoms with Gasteiger partial charge in [-0.2, -0.15) is 0 Å². The second-order valence-electron chi connectivity index (χ2n) is 4.19. The van der Waals surface area contributed by atoms with Crippen LogP contribution in [0.5, 0.6) is 0 Å². The van der Waals surface area contributed by atoms with E-state index in [9.17, 15) is 9.18 Å². The van der Waals surface area contributed by atoms with Gasteiger partial charge in [-0.3, -0.25) is 4.79 Å². The fraction of sp³-hybridized carbons (Fsp3) is 0.231. The summed E-state index contributed by atoms with van der Waals surface area (Å²) in [6.45, 7) is 3.63. The van der Waals surface area contributed by atoms with Crippen molar-refractivity contribution in [2.45, 2.75) is 13.8 Å². The van der Waals surface area contributed by atoms with Crippen molar-refractivity contribution in [2.24, 2.45) is 5.92 Å². The maximum Gasteiger partial charge on any atom is 0.228 e. The van der Waals surface area contributed by atoms with Gasteiger partial charge in [-0.1, -0.05) is 26.0 Å². The van der Waals surface area contributed by atoms with E-state index >= 15 is 0 Å². The Morgan fingerprint density at radius 3 is 2.89 bits per heavy atom. The molecule has 94 valence electrons. The summed E-state index contributed by atoms with van der Waals surface area (Å²) in [6, 6.07) is 6.23. The number of halogens is 1. The Balaban J connectivity index is 2.18. The number of aromatic nitrogens is 1. The van der Waals surface area contributed by atoms with E-state index in [0.29, 0.717) is 16.4 Å². The molecule has 0 aliphatic heterocycles. The highest BCUT2D eigenvalue weighted by Gasteiger charge is 2.10. The number of hydrogen-bond donors (Lipinski definition) is 1. The minimum Gasteiger partial charge on any atom is -0.302 e. The Labute approximate surface area is 109 Å². The first kappa shape index (κ1) is 12.7. The highest BCUT2D eigenvalue weighted by molar-refractivity contribution is 7.14. The molecule has 0 saturated heterocycles. The summed E-state index contributed by atoms with van der Waals surface area (Å²) in [4.78, 5) is 15.8. The van der Waals surface area contributed by atoms with Gasteiger partial charge >= 0.3 is 0 Å². The average molecular weight is 264 g/mol. The van der Waals surface area contributed by atoms with E-state index in [0.717, 1.165) is 0 Å². The largest absolute Gasteiger partial charge is 0.302 e. The molecule has 1 N–H and O–H groups in total. The molecule has 2 rings (SSSR count). The molecule has 0 radical (unpaired) electrons. The maximum atomic E-state index is 13.1. The number of rotatable bonds is 3. The molecule has 0 bridgehead atoms. The van der Waals surface area contributed by atoms with Crippen LogP contribution in [0.2, 0.25) is 0 Å². The van der Waals surface area contributed by atoms with Crippen molar-refractivity contribution >= 4 is 22.4 Å². The third-order valence-electron chi connectivity index (χ3n) is 2.38. The molecule has 1 heterocycles. The van der Waals surface area contributed by atoms with Crippen LogP contribution in [-0.4, -0.2) is 10.9 Å². The molecular weight excluding hydrogens is 251 g/mol. The lowest BCUT2D eigenvalue weighted by Gasteiger charge is -2.03. The third-order valence-corrected chi connectivity index (χ3v) is 3.14. The summed E-state index contributed by atoms with van der Waals surface area (Å²) in [5.74, 6) is -0.463. The van der Waals surface area contributed by atoms with E-state index in [1.54, 1.807) is 17.5 Å². The third kappa shape index (κ3) is 2.92. The second kappa shape index (κ2) is 5.27. The molecule has 5 heteroatoms. The fourth-order valence-corrected chi connectivity index (χ4v) is 2.08. The van der Waals surface area contributed by atoms with Crippen molar-refractivity contribution in [3.05, 3.63) is 35.5 Å². The van der Waals surface area contributed by atoms with Crippen molar-refractivity contribution in [3.8, 4) is 11.3 Å². The smallest absolute Gasteiger partial charge is 0.228 e. The highest BCUT2D eigenvalue weighted by atomic mass is 32.1. The van der Waals surface area contributed by atoms with Crippen LogP contribution in [0.25, 0.3) is 11.3 Å². The monoisotopic (exact) mass is 264 g/mol. The van der Waals surface area contributed by atoms with Crippen LogP contribution < -0.4 is 5.32 Å². The molecule has 18 heavy (non-hydrogen) atoms. The van der Waals surface area contributed by atoms with Gasteiger partial charge in [0.15, 0.2) is 5.13 Å². The minimum atomic E-state index is -0.298. The Morgan fingerprint density at radius 1 is 1.44 bits per heavy atom. The van der Waals surface area contributed by atoms with Gasteiger partial charge in [0.05, 0.1) is 5.69 Å². The summed E-state index contributed by atoms with van der Waals surface area (Å²) in [5.41, 5.74) is 1.37. The Kier molecular flexibility index (Phi) is 3.72. The quantitative estimate of drug-likeness (QED) is 0.921. The first-order valence-electron chi connectivity index (χ1n) is 5.58. The van der Waals surface area contributed by atoms with Crippen molar-refractivity contribution in [3.63, 3.8) is 0 Å². The Hall–Kier alpha value is -1.75. The molecule has 0 fully saturated rings. The standard InChI is InChI=1S/C13H13FN2OS/c1-8(2)12(17)16-13-15-11(7-18-13)9-4-3-5-10(14)6-9/h3-8H,1-2H3,(H,15,16,17). The molecule has 0 aliphatic rings. The number of benzene rings is 1. The number of nitrogens with one attached hydrogen (secondary N) is 1. The van der Waals surface area contributed by atoms with Crippen LogP contribution in [0, 0.1) is 11.7 Å². The predicted molar refractivity (Wildman–Crippen MR) is 71.0 cm³/mol. The van der Waals surface area contributed by atoms with Crippen molar-refractivity contribution in [2.75, 3.05) is 5.32 Å². The van der Waals surface area contributed by atoms with Gasteiger partial charge in [-0.05, 0) is 12.1 Å². The molecule has 1 aromatic carbocycles. The van der Waals surface area contributed by atoms with E-state index in [-0.39, 0.29) is 17.6 Å². The number of anilines is 1. The van der Waals surface area contributed by atoms with Crippen molar-refractivity contribution in [1.82, 2.24) is 4.98 Å². The number of amides is 1. The number of hydrogen-bond acceptors (Lipinski definition) is 3. The topological polar surface area (TPSA) is 42.0 Å². The first-order chi connectivity index (χ1) is 8.56. The van der Waals surface area contributed by atoms with Gasteiger partial charge in [-0.15, -0.1) is 11.3 Å². The molecule has 1 aromatic heterocycles. The van der Waals surface area contributed by atoms with E-state index < -0.39 is 0 Å². The second-order valence-corrected chi connectivity index (χ2v) is 5.05. The normalized spacial score (nSPS) is 10.7. The summed E-state index contributed by atoms with van der Waals surface area (Å²) in [6.07, 6.45) is 0. The zero-order valence-electron chi connectivity index (χ0n) is 10.1. The number of nitrogens with zero attached hydrogens (tertiary/aromatic N) is 1. The van der Waals surface area contributed by atoms with Gasteiger partial charge < -0.3 is 5.32 Å². The van der Waals surface area contributed by atoms with E-state index in [1.165, 1.54) is 23.5 Å². The number of carbonyl (C=O) groups excluding carboxylic acids is 1. The van der Waals surface area contributed by atoms with Crippen LogP contribution in [0.3, 0.4) is 0 Å². The molecule has 0 atom stereocenters. The van der Waals surface area contributed by atoms with Crippen LogP contribution in [0.4, 0.5) is 9.52 Å². The van der Waals surface area contributed by atoms with Crippen LogP contribution in [0.15, 0.2) is 29.6 Å². The van der Waals surface area contributed by atoms with Crippen molar-refractivity contribution < 1.29 is 9.18 Å². The SMILES string of the molecule is CC(C)C(=O)Nc1nc(-c2cccc(F)c2)cs1. The maximum absolute atomic E-state index is 13.1. The molecule has 0 spiro atoms. The summed E-state index contributed by atoms with van der Waals surface area (Å²) in [7, 11) is 0. The molecule has 0 unspecified atom stereocenters. The number of carbonyl (C=O) groups is 1. The average Bonchev–Trinajstić information content (AvgIpc) is 2.77. The van der Waals surface area contributed by atoms with Crippen molar-refractivity contribution in [1.29, 1.82) is 0 Å². The molecule has 0 saturated carbocycles. The Bertz CT molecular complexity index is 566. The lowest BCUT2D eigenvalue weighted by molar-refractivity contribution is -0.118. The van der Waals surface area contributed by atoms with Gasteiger partial charge in [0.1, 0.15) is 5.82 Å². The fourth-order valence-electron chi connectivity index (χ4n) is 1.36. The molecule has 1 amide bonds. The van der Waals surface area contributed by atoms with Gasteiger partial charge in [-0.25, -0.2) is 9.37 Å². The van der Waals surface area contributed by atoms with Gasteiger partial charge in [0, 0.05) is 16.9 Å². The highest BCUT2D eigenvalue weighted by Crippen LogP contribution is 2.25. The lowest BCUT2D eigenvalue weighted by Crippen LogP contribution is -2.17. The van der Waals surface area contributed by atoms with Gasteiger partial charge in [0.25, 0.3) is 0 Å². The van der Waals surface area contributed by atoms with Crippen LogP contribution >= 0.6 is 11.3 Å². The van der Waals surface area contributed by atoms with E-state index in [1.807, 2.05) is 13.8 Å². The zero-order chi connectivity index (χ0) is 13.1. The molecule has 2 aromatic rings. The minimum absolute atomic E-state index is 0.0739.